The highest BCUT2D eigenvalue weighted by Crippen LogP contribution is 2.39. The Kier molecular flexibility index (Phi) is 4.52. The summed E-state index contributed by atoms with van der Waals surface area (Å²) in [6.45, 7) is 4.74. The van der Waals surface area contributed by atoms with Gasteiger partial charge in [0.1, 0.15) is 0 Å². The van der Waals surface area contributed by atoms with Crippen LogP contribution in [0.15, 0.2) is 0 Å². The molecule has 0 spiro atoms. The maximum atomic E-state index is 6.60. The molecule has 2 rings (SSSR count). The lowest BCUT2D eigenvalue weighted by atomic mass is 9.71. The molecule has 2 N–H and O–H groups in total. The summed E-state index contributed by atoms with van der Waals surface area (Å²) in [6.07, 6.45) is 13.9. The van der Waals surface area contributed by atoms with Gasteiger partial charge in [0.15, 0.2) is 0 Å². The van der Waals surface area contributed by atoms with Crippen LogP contribution in [0.5, 0.6) is 0 Å². The molecule has 0 heterocycles. The van der Waals surface area contributed by atoms with Gasteiger partial charge in [-0.2, -0.15) is 0 Å². The quantitative estimate of drug-likeness (QED) is 0.765. The van der Waals surface area contributed by atoms with Gasteiger partial charge in [0.2, 0.25) is 0 Å². The van der Waals surface area contributed by atoms with Crippen LogP contribution in [-0.4, -0.2) is 5.54 Å². The maximum Gasteiger partial charge on any atom is 0.0154 e. The molecule has 2 fully saturated rings. The van der Waals surface area contributed by atoms with E-state index in [0.29, 0.717) is 0 Å². The lowest BCUT2D eigenvalue weighted by molar-refractivity contribution is 0.178. The van der Waals surface area contributed by atoms with Crippen molar-refractivity contribution in [1.82, 2.24) is 0 Å². The molecule has 0 unspecified atom stereocenters. The van der Waals surface area contributed by atoms with Gasteiger partial charge in [0, 0.05) is 5.54 Å². The van der Waals surface area contributed by atoms with E-state index in [-0.39, 0.29) is 5.54 Å². The summed E-state index contributed by atoms with van der Waals surface area (Å²) in [5, 5.41) is 0. The third-order valence-corrected chi connectivity index (χ3v) is 5.49. The third kappa shape index (κ3) is 3.71. The third-order valence-electron chi connectivity index (χ3n) is 5.49. The van der Waals surface area contributed by atoms with Crippen molar-refractivity contribution in [2.45, 2.75) is 83.6 Å². The molecule has 0 radical (unpaired) electrons. The summed E-state index contributed by atoms with van der Waals surface area (Å²) in [7, 11) is 0. The zero-order valence-electron chi connectivity index (χ0n) is 11.9. The van der Waals surface area contributed by atoms with Crippen LogP contribution in [0.2, 0.25) is 0 Å². The van der Waals surface area contributed by atoms with Gasteiger partial charge in [-0.25, -0.2) is 0 Å². The van der Waals surface area contributed by atoms with Gasteiger partial charge in [-0.15, -0.1) is 0 Å². The van der Waals surface area contributed by atoms with Crippen LogP contribution in [0, 0.1) is 17.8 Å². The number of rotatable bonds is 4. The lowest BCUT2D eigenvalue weighted by Crippen LogP contribution is -2.44. The highest BCUT2D eigenvalue weighted by Gasteiger charge is 2.33. The van der Waals surface area contributed by atoms with Crippen molar-refractivity contribution < 1.29 is 0 Å². The maximum absolute atomic E-state index is 6.60. The smallest absolute Gasteiger partial charge is 0.0154 e. The lowest BCUT2D eigenvalue weighted by Gasteiger charge is -2.39. The second kappa shape index (κ2) is 5.73. The summed E-state index contributed by atoms with van der Waals surface area (Å²) in [6, 6.07) is 0. The van der Waals surface area contributed by atoms with Crippen LogP contribution in [0.4, 0.5) is 0 Å². The van der Waals surface area contributed by atoms with Crippen LogP contribution < -0.4 is 5.73 Å². The average Bonchev–Trinajstić information content (AvgIpc) is 2.80. The molecule has 2 aliphatic carbocycles. The predicted molar refractivity (Wildman–Crippen MR) is 74.9 cm³/mol. The van der Waals surface area contributed by atoms with E-state index in [0.717, 1.165) is 17.8 Å². The summed E-state index contributed by atoms with van der Waals surface area (Å²) in [5.74, 6) is 2.81. The molecule has 0 saturated heterocycles. The molecule has 0 aliphatic heterocycles. The van der Waals surface area contributed by atoms with E-state index in [1.54, 1.807) is 0 Å². The Morgan fingerprint density at radius 2 is 1.65 bits per heavy atom. The van der Waals surface area contributed by atoms with Gasteiger partial charge in [-0.3, -0.25) is 0 Å². The number of nitrogens with two attached hydrogens (primary N) is 1. The standard InChI is InChI=1S/C16H31N/c1-13(2)15-8-11-16(17,12-9-15)10-7-14-5-3-4-6-14/h13-15H,3-12,17H2,1-2H3. The van der Waals surface area contributed by atoms with E-state index < -0.39 is 0 Å². The minimum Gasteiger partial charge on any atom is -0.325 e. The Morgan fingerprint density at radius 1 is 1.06 bits per heavy atom. The first kappa shape index (κ1) is 13.4. The molecule has 100 valence electrons. The predicted octanol–water partition coefficient (Wildman–Crippen LogP) is 4.50. The molecule has 0 aromatic rings. The molecule has 0 aromatic carbocycles. The monoisotopic (exact) mass is 237 g/mol. The fourth-order valence-electron chi connectivity index (χ4n) is 3.92. The Bertz CT molecular complexity index is 220. The number of hydrogen-bond acceptors (Lipinski definition) is 1. The molecule has 17 heavy (non-hydrogen) atoms. The van der Waals surface area contributed by atoms with E-state index in [4.69, 9.17) is 5.73 Å². The van der Waals surface area contributed by atoms with Crippen molar-refractivity contribution in [3.05, 3.63) is 0 Å². The van der Waals surface area contributed by atoms with E-state index in [1.807, 2.05) is 0 Å². The van der Waals surface area contributed by atoms with Crippen LogP contribution in [-0.2, 0) is 0 Å². The first-order chi connectivity index (χ1) is 8.09. The largest absolute Gasteiger partial charge is 0.325 e. The van der Waals surface area contributed by atoms with Crippen LogP contribution in [0.1, 0.15) is 78.1 Å². The van der Waals surface area contributed by atoms with Crippen LogP contribution in [0.3, 0.4) is 0 Å². The molecule has 0 atom stereocenters. The van der Waals surface area contributed by atoms with Crippen molar-refractivity contribution in [2.75, 3.05) is 0 Å². The second-order valence-corrected chi connectivity index (χ2v) is 7.13. The molecule has 1 nitrogen and oxygen atoms in total. The second-order valence-electron chi connectivity index (χ2n) is 7.13. The van der Waals surface area contributed by atoms with Crippen molar-refractivity contribution in [1.29, 1.82) is 0 Å². The van der Waals surface area contributed by atoms with E-state index >= 15 is 0 Å². The molecule has 0 aromatic heterocycles. The van der Waals surface area contributed by atoms with Gasteiger partial charge in [0.05, 0.1) is 0 Å². The minimum absolute atomic E-state index is 0.202. The first-order valence-electron chi connectivity index (χ1n) is 7.88. The van der Waals surface area contributed by atoms with Crippen molar-refractivity contribution in [3.8, 4) is 0 Å². The van der Waals surface area contributed by atoms with Crippen molar-refractivity contribution in [3.63, 3.8) is 0 Å². The average molecular weight is 237 g/mol. The fraction of sp³-hybridized carbons (Fsp3) is 1.00. The van der Waals surface area contributed by atoms with Crippen LogP contribution in [0.25, 0.3) is 0 Å². The highest BCUT2D eigenvalue weighted by atomic mass is 14.7. The van der Waals surface area contributed by atoms with Gasteiger partial charge in [0.25, 0.3) is 0 Å². The molecular weight excluding hydrogens is 206 g/mol. The van der Waals surface area contributed by atoms with E-state index in [1.165, 1.54) is 64.2 Å². The summed E-state index contributed by atoms with van der Waals surface area (Å²) >= 11 is 0. The molecular formula is C16H31N. The van der Waals surface area contributed by atoms with Gasteiger partial charge in [-0.05, 0) is 56.3 Å². The highest BCUT2D eigenvalue weighted by molar-refractivity contribution is 4.91. The van der Waals surface area contributed by atoms with Crippen LogP contribution >= 0.6 is 0 Å². The molecule has 0 amide bonds. The molecule has 2 saturated carbocycles. The molecule has 2 aliphatic rings. The topological polar surface area (TPSA) is 26.0 Å². The van der Waals surface area contributed by atoms with Gasteiger partial charge in [-0.1, -0.05) is 39.5 Å². The minimum atomic E-state index is 0.202. The Hall–Kier alpha value is -0.0400. The first-order valence-corrected chi connectivity index (χ1v) is 7.88. The molecule has 1 heteroatoms. The van der Waals surface area contributed by atoms with Gasteiger partial charge >= 0.3 is 0 Å². The molecule has 0 bridgehead atoms. The Labute approximate surface area is 108 Å². The zero-order valence-corrected chi connectivity index (χ0v) is 11.9. The Morgan fingerprint density at radius 3 is 2.18 bits per heavy atom. The fourth-order valence-corrected chi connectivity index (χ4v) is 3.92. The van der Waals surface area contributed by atoms with Gasteiger partial charge < -0.3 is 5.73 Å². The Balaban J connectivity index is 1.72. The summed E-state index contributed by atoms with van der Waals surface area (Å²) in [5.41, 5.74) is 6.80. The summed E-state index contributed by atoms with van der Waals surface area (Å²) in [4.78, 5) is 0. The zero-order chi connectivity index (χ0) is 12.3. The van der Waals surface area contributed by atoms with E-state index in [2.05, 4.69) is 13.8 Å². The van der Waals surface area contributed by atoms with Crippen molar-refractivity contribution in [2.24, 2.45) is 23.5 Å². The van der Waals surface area contributed by atoms with E-state index in [9.17, 15) is 0 Å². The SMILES string of the molecule is CC(C)C1CCC(N)(CCC2CCCC2)CC1. The number of hydrogen-bond donors (Lipinski definition) is 1. The summed E-state index contributed by atoms with van der Waals surface area (Å²) < 4.78 is 0. The normalized spacial score (nSPS) is 35.6. The van der Waals surface area contributed by atoms with Crippen molar-refractivity contribution >= 4 is 0 Å².